The maximum Gasteiger partial charge on any atom is 0.267 e. The largest absolute Gasteiger partial charge is 0.357 e. The van der Waals surface area contributed by atoms with Gasteiger partial charge < -0.3 is 10.3 Å². The predicted molar refractivity (Wildman–Crippen MR) is 83.1 cm³/mol. The topological polar surface area (TPSA) is 48.1 Å². The van der Waals surface area contributed by atoms with Gasteiger partial charge in [-0.15, -0.1) is 0 Å². The summed E-state index contributed by atoms with van der Waals surface area (Å²) in [6.45, 7) is 2.29. The van der Waals surface area contributed by atoms with Crippen LogP contribution in [0.5, 0.6) is 0 Å². The molecule has 0 unspecified atom stereocenters. The number of nitrogens with zero attached hydrogens (tertiary/aromatic N) is 1. The average molecular weight is 301 g/mol. The fourth-order valence-corrected chi connectivity index (χ4v) is 2.99. The molecule has 1 fully saturated rings. The first-order valence-electron chi connectivity index (χ1n) is 7.66. The van der Waals surface area contributed by atoms with Crippen LogP contribution in [0.2, 0.25) is 0 Å². The van der Waals surface area contributed by atoms with Crippen LogP contribution in [0, 0.1) is 5.82 Å². The number of benzene rings is 1. The molecule has 3 rings (SSSR count). The molecule has 5 heteroatoms. The maximum absolute atomic E-state index is 14.1. The number of carbonyl (C=O) groups is 1. The summed E-state index contributed by atoms with van der Waals surface area (Å²) in [6, 6.07) is 10.2. The smallest absolute Gasteiger partial charge is 0.267 e. The molecule has 116 valence electrons. The van der Waals surface area contributed by atoms with E-state index >= 15 is 0 Å². The minimum absolute atomic E-state index is 0.123. The molecule has 2 heterocycles. The van der Waals surface area contributed by atoms with Gasteiger partial charge in [0.1, 0.15) is 11.5 Å². The van der Waals surface area contributed by atoms with Crippen molar-refractivity contribution in [3.8, 4) is 0 Å². The Morgan fingerprint density at radius 1 is 1.23 bits per heavy atom. The number of hydrogen-bond acceptors (Lipinski definition) is 2. The lowest BCUT2D eigenvalue weighted by molar-refractivity contribution is 0.0933. The zero-order valence-corrected chi connectivity index (χ0v) is 12.4. The van der Waals surface area contributed by atoms with E-state index in [-0.39, 0.29) is 17.8 Å². The molecule has 1 saturated heterocycles. The first-order valence-corrected chi connectivity index (χ1v) is 7.66. The Balaban J connectivity index is 1.74. The van der Waals surface area contributed by atoms with Crippen LogP contribution in [-0.2, 0) is 0 Å². The zero-order chi connectivity index (χ0) is 15.4. The summed E-state index contributed by atoms with van der Waals surface area (Å²) in [5, 5.41) is 2.91. The SMILES string of the molecule is O=C(NC[C@H](c1ccccc1F)N1CCCC1)c1ccc[nH]1. The molecule has 4 nitrogen and oxygen atoms in total. The second-order valence-electron chi connectivity index (χ2n) is 5.57. The molecule has 0 bridgehead atoms. The summed E-state index contributed by atoms with van der Waals surface area (Å²) in [7, 11) is 0. The predicted octanol–water partition coefficient (Wildman–Crippen LogP) is 2.72. The van der Waals surface area contributed by atoms with Crippen molar-refractivity contribution in [1.82, 2.24) is 15.2 Å². The van der Waals surface area contributed by atoms with Crippen LogP contribution in [0.4, 0.5) is 4.39 Å². The van der Waals surface area contributed by atoms with E-state index in [1.165, 1.54) is 6.07 Å². The Morgan fingerprint density at radius 3 is 2.68 bits per heavy atom. The monoisotopic (exact) mass is 301 g/mol. The number of hydrogen-bond donors (Lipinski definition) is 2. The number of H-pyrrole nitrogens is 1. The van der Waals surface area contributed by atoms with Gasteiger partial charge in [-0.25, -0.2) is 4.39 Å². The molecular weight excluding hydrogens is 281 g/mol. The molecule has 2 aromatic rings. The first-order chi connectivity index (χ1) is 10.8. The third-order valence-electron chi connectivity index (χ3n) is 4.14. The molecule has 1 aromatic carbocycles. The van der Waals surface area contributed by atoms with Crippen molar-refractivity contribution in [2.75, 3.05) is 19.6 Å². The molecule has 2 N–H and O–H groups in total. The minimum atomic E-state index is -0.214. The average Bonchev–Trinajstić information content (AvgIpc) is 3.22. The molecule has 1 aliphatic rings. The van der Waals surface area contributed by atoms with Gasteiger partial charge in [0.15, 0.2) is 0 Å². The Hall–Kier alpha value is -2.14. The van der Waals surface area contributed by atoms with Gasteiger partial charge in [-0.3, -0.25) is 9.69 Å². The number of halogens is 1. The fraction of sp³-hybridized carbons (Fsp3) is 0.353. The van der Waals surface area contributed by atoms with Crippen molar-refractivity contribution in [2.24, 2.45) is 0 Å². The molecule has 1 aromatic heterocycles. The number of aromatic amines is 1. The maximum atomic E-state index is 14.1. The van der Waals surface area contributed by atoms with Crippen LogP contribution in [-0.4, -0.2) is 35.4 Å². The van der Waals surface area contributed by atoms with Gasteiger partial charge in [-0.05, 0) is 44.1 Å². The summed E-state index contributed by atoms with van der Waals surface area (Å²) >= 11 is 0. The third-order valence-corrected chi connectivity index (χ3v) is 4.14. The Bertz CT molecular complexity index is 621. The molecule has 1 atom stereocenters. The van der Waals surface area contributed by atoms with Crippen LogP contribution < -0.4 is 5.32 Å². The number of rotatable bonds is 5. The number of nitrogens with one attached hydrogen (secondary N) is 2. The lowest BCUT2D eigenvalue weighted by Crippen LogP contribution is -2.37. The van der Waals surface area contributed by atoms with Gasteiger partial charge in [0, 0.05) is 18.3 Å². The van der Waals surface area contributed by atoms with Crippen molar-refractivity contribution in [2.45, 2.75) is 18.9 Å². The highest BCUT2D eigenvalue weighted by atomic mass is 19.1. The van der Waals surface area contributed by atoms with E-state index in [0.717, 1.165) is 25.9 Å². The normalized spacial score (nSPS) is 16.6. The fourth-order valence-electron chi connectivity index (χ4n) is 2.99. The van der Waals surface area contributed by atoms with Gasteiger partial charge in [0.2, 0.25) is 0 Å². The second kappa shape index (κ2) is 6.75. The van der Waals surface area contributed by atoms with Gasteiger partial charge in [0.25, 0.3) is 5.91 Å². The Kier molecular flexibility index (Phi) is 4.53. The van der Waals surface area contributed by atoms with Gasteiger partial charge >= 0.3 is 0 Å². The highest BCUT2D eigenvalue weighted by molar-refractivity contribution is 5.92. The van der Waals surface area contributed by atoms with Crippen LogP contribution in [0.3, 0.4) is 0 Å². The molecule has 0 aliphatic carbocycles. The van der Waals surface area contributed by atoms with E-state index in [1.807, 2.05) is 6.07 Å². The van der Waals surface area contributed by atoms with Crippen molar-refractivity contribution in [3.05, 3.63) is 59.7 Å². The third kappa shape index (κ3) is 3.20. The minimum Gasteiger partial charge on any atom is -0.357 e. The highest BCUT2D eigenvalue weighted by Crippen LogP contribution is 2.26. The second-order valence-corrected chi connectivity index (χ2v) is 5.57. The zero-order valence-electron chi connectivity index (χ0n) is 12.4. The Morgan fingerprint density at radius 2 is 2.00 bits per heavy atom. The molecule has 0 radical (unpaired) electrons. The van der Waals surface area contributed by atoms with Gasteiger partial charge in [0.05, 0.1) is 6.04 Å². The van der Waals surface area contributed by atoms with Crippen LogP contribution in [0.25, 0.3) is 0 Å². The van der Waals surface area contributed by atoms with Crippen molar-refractivity contribution in [3.63, 3.8) is 0 Å². The summed E-state index contributed by atoms with van der Waals surface area (Å²) in [4.78, 5) is 17.2. The summed E-state index contributed by atoms with van der Waals surface area (Å²) in [6.07, 6.45) is 3.95. The Labute approximate surface area is 129 Å². The van der Waals surface area contributed by atoms with E-state index < -0.39 is 0 Å². The molecule has 1 aliphatic heterocycles. The number of aromatic nitrogens is 1. The summed E-state index contributed by atoms with van der Waals surface area (Å²) < 4.78 is 14.1. The summed E-state index contributed by atoms with van der Waals surface area (Å²) in [5.41, 5.74) is 1.17. The lowest BCUT2D eigenvalue weighted by Gasteiger charge is -2.28. The van der Waals surface area contributed by atoms with Crippen LogP contribution in [0.15, 0.2) is 42.6 Å². The van der Waals surface area contributed by atoms with Gasteiger partial charge in [-0.2, -0.15) is 0 Å². The van der Waals surface area contributed by atoms with E-state index in [9.17, 15) is 9.18 Å². The quantitative estimate of drug-likeness (QED) is 0.892. The molecule has 22 heavy (non-hydrogen) atoms. The number of likely N-dealkylation sites (tertiary alicyclic amines) is 1. The van der Waals surface area contributed by atoms with E-state index in [0.29, 0.717) is 17.8 Å². The van der Waals surface area contributed by atoms with E-state index in [2.05, 4.69) is 15.2 Å². The molecular formula is C17H20FN3O. The van der Waals surface area contributed by atoms with Gasteiger partial charge in [-0.1, -0.05) is 18.2 Å². The lowest BCUT2D eigenvalue weighted by atomic mass is 10.0. The van der Waals surface area contributed by atoms with Crippen molar-refractivity contribution in [1.29, 1.82) is 0 Å². The van der Waals surface area contributed by atoms with Crippen LogP contribution >= 0.6 is 0 Å². The molecule has 0 spiro atoms. The van der Waals surface area contributed by atoms with E-state index in [4.69, 9.17) is 0 Å². The number of amides is 1. The van der Waals surface area contributed by atoms with Crippen LogP contribution in [0.1, 0.15) is 34.9 Å². The summed E-state index contributed by atoms with van der Waals surface area (Å²) in [5.74, 6) is -0.376. The first kappa shape index (κ1) is 14.8. The number of carbonyl (C=O) groups excluding carboxylic acids is 1. The highest BCUT2D eigenvalue weighted by Gasteiger charge is 2.26. The molecule has 0 saturated carbocycles. The van der Waals surface area contributed by atoms with Crippen molar-refractivity contribution >= 4 is 5.91 Å². The molecule has 1 amide bonds. The van der Waals surface area contributed by atoms with E-state index in [1.54, 1.807) is 30.5 Å². The van der Waals surface area contributed by atoms with Crippen molar-refractivity contribution < 1.29 is 9.18 Å². The standard InChI is InChI=1S/C17H20FN3O/c18-14-7-2-1-6-13(14)16(21-10-3-4-11-21)12-20-17(22)15-8-5-9-19-15/h1-2,5-9,16,19H,3-4,10-12H2,(H,20,22)/t16-/m1/s1.